The van der Waals surface area contributed by atoms with Gasteiger partial charge in [0.15, 0.2) is 0 Å². The Morgan fingerprint density at radius 3 is 1.28 bits per heavy atom. The van der Waals surface area contributed by atoms with Gasteiger partial charge in [-0.2, -0.15) is 0 Å². The lowest BCUT2D eigenvalue weighted by Crippen LogP contribution is -2.03. The van der Waals surface area contributed by atoms with Crippen LogP contribution in [0.1, 0.15) is 83.6 Å². The molecule has 0 radical (unpaired) electrons. The summed E-state index contributed by atoms with van der Waals surface area (Å²) in [6, 6.07) is 30.3. The Morgan fingerprint density at radius 2 is 0.859 bits per heavy atom. The van der Waals surface area contributed by atoms with Crippen LogP contribution in [-0.2, 0) is 0 Å². The molecule has 24 nitrogen and oxygen atoms in total. The molecule has 7 aromatic carbocycles. The fourth-order valence-corrected chi connectivity index (χ4v) is 5.71. The molecule has 0 aliphatic carbocycles. The molecule has 26 heteroatoms. The molecule has 23 N–H and O–H groups in total. The average Bonchev–Trinajstić information content (AvgIpc) is 3.36. The molecule has 0 unspecified atom stereocenters. The van der Waals surface area contributed by atoms with Crippen molar-refractivity contribution >= 4 is 105 Å². The first-order valence-electron chi connectivity index (χ1n) is 21.4. The summed E-state index contributed by atoms with van der Waals surface area (Å²) in [7, 11) is 1.48. The minimum absolute atomic E-state index is 0.0340. The summed E-state index contributed by atoms with van der Waals surface area (Å²) in [6.45, 7) is 3.60. The van der Waals surface area contributed by atoms with E-state index >= 15 is 0 Å². The third-order valence-corrected chi connectivity index (χ3v) is 10.1. The molecule has 0 aliphatic rings. The second-order valence-corrected chi connectivity index (χ2v) is 16.1. The number of anilines is 7. The van der Waals surface area contributed by atoms with Crippen LogP contribution in [0.3, 0.4) is 0 Å². The molecular formula is C52H53Cl2N7O17. The summed E-state index contributed by atoms with van der Waals surface area (Å²) in [6.07, 6.45) is 0. The smallest absolute Gasteiger partial charge is 0.339 e. The van der Waals surface area contributed by atoms with E-state index in [9.17, 15) is 33.6 Å². The quantitative estimate of drug-likeness (QED) is 0.0504. The summed E-state index contributed by atoms with van der Waals surface area (Å²) >= 11 is 11.1. The molecule has 0 fully saturated rings. The minimum atomic E-state index is -1.16. The van der Waals surface area contributed by atoms with Crippen molar-refractivity contribution in [2.24, 2.45) is 0 Å². The maximum atomic E-state index is 10.5. The van der Waals surface area contributed by atoms with Gasteiger partial charge in [0.1, 0.15) is 22.8 Å². The number of phenols is 2. The second kappa shape index (κ2) is 31.2. The average molecular weight is 1120 g/mol. The third-order valence-electron chi connectivity index (χ3n) is 9.46. The summed E-state index contributed by atoms with van der Waals surface area (Å²) in [5.74, 6) is -7.18. The van der Waals surface area contributed by atoms with Gasteiger partial charge in [-0.1, -0.05) is 47.0 Å². The number of carbonyl (C=O) groups is 7. The van der Waals surface area contributed by atoms with Crippen LogP contribution in [0.4, 0.5) is 39.8 Å². The monoisotopic (exact) mass is 1120 g/mol. The van der Waals surface area contributed by atoms with E-state index < -0.39 is 41.8 Å². The lowest BCUT2D eigenvalue weighted by molar-refractivity contribution is 0.0683. The minimum Gasteiger partial charge on any atom is -0.507 e. The number of carboxylic acids is 7. The molecule has 7 rings (SSSR count). The topological polar surface area (TPSA) is 493 Å². The van der Waals surface area contributed by atoms with Crippen LogP contribution >= 0.6 is 23.2 Å². The SMILES string of the molecule is COc1ccc(C(=O)O)cc1N.Cc1ccc(N)c(C(=O)O)c1.Cc1cccc(C(=O)O)c1N.Nc1cc(C(=O)O)ccc1Cl.Nc1cc(C(=O)O)ccc1O.Nc1ccc(C(=O)O)c(O)c1.Nc1ccc(Cl)c(C(=O)O)c1. The van der Waals surface area contributed by atoms with E-state index in [2.05, 4.69) is 0 Å². The Morgan fingerprint density at radius 1 is 0.397 bits per heavy atom. The van der Waals surface area contributed by atoms with E-state index in [4.69, 9.17) is 114 Å². The number of nitrogen functional groups attached to an aromatic ring is 7. The number of nitrogens with two attached hydrogens (primary N) is 7. The Hall–Kier alpha value is -10.6. The zero-order chi connectivity index (χ0) is 59.7. The van der Waals surface area contributed by atoms with Crippen molar-refractivity contribution in [3.8, 4) is 17.2 Å². The molecule has 0 aromatic heterocycles. The van der Waals surface area contributed by atoms with Gasteiger partial charge in [-0.15, -0.1) is 0 Å². The highest BCUT2D eigenvalue weighted by Gasteiger charge is 2.11. The van der Waals surface area contributed by atoms with Crippen LogP contribution in [0.25, 0.3) is 0 Å². The lowest BCUT2D eigenvalue weighted by Gasteiger charge is -2.03. The van der Waals surface area contributed by atoms with Crippen molar-refractivity contribution < 1.29 is 84.3 Å². The highest BCUT2D eigenvalue weighted by Crippen LogP contribution is 2.24. The zero-order valence-electron chi connectivity index (χ0n) is 41.2. The number of halogens is 2. The summed E-state index contributed by atoms with van der Waals surface area (Å²) in [5, 5.41) is 78.2. The summed E-state index contributed by atoms with van der Waals surface area (Å²) < 4.78 is 4.86. The zero-order valence-corrected chi connectivity index (χ0v) is 42.7. The normalized spacial score (nSPS) is 9.50. The van der Waals surface area contributed by atoms with Crippen molar-refractivity contribution in [2.45, 2.75) is 13.8 Å². The molecule has 0 bridgehead atoms. The molecule has 78 heavy (non-hydrogen) atoms. The Balaban J connectivity index is 0.000000455. The van der Waals surface area contributed by atoms with E-state index in [1.54, 1.807) is 43.3 Å². The van der Waals surface area contributed by atoms with Crippen molar-refractivity contribution in [3.05, 3.63) is 188 Å². The fraction of sp³-hybridized carbons (Fsp3) is 0.0577. The third kappa shape index (κ3) is 21.9. The standard InChI is InChI=1S/C8H9NO3.2C8H9NO2.2C7H6ClNO2.2C7H7NO3/c1-12-7-3-2-5(8(10)11)4-6(7)9;1-5-2-3-7(9)6(4-5)8(10)11;1-5-3-2-4-6(7(5)9)8(10)11;8-6-2-1-4(9)3-5(6)7(10)11;8-5-2-1-4(7(10)11)3-6(5)9;8-5-3-4(7(10)11)1-2-6(5)9;8-4-1-2-5(7(10)11)6(9)3-4/h2-4H,9H2,1H3,(H,10,11);2*2-4H,9H2,1H3,(H,10,11);2*1-3H,9H2,(H,10,11);2*1-3,9H,8H2,(H,10,11). The molecule has 0 aliphatic heterocycles. The van der Waals surface area contributed by atoms with Gasteiger partial charge in [0.05, 0.1) is 67.6 Å². The van der Waals surface area contributed by atoms with Crippen molar-refractivity contribution in [1.29, 1.82) is 0 Å². The van der Waals surface area contributed by atoms with Crippen LogP contribution in [-0.4, -0.2) is 94.9 Å². The number of aromatic carboxylic acids is 7. The first kappa shape index (κ1) is 65.4. The van der Waals surface area contributed by atoms with Gasteiger partial charge in [-0.05, 0) is 123 Å². The predicted octanol–water partition coefficient (Wildman–Crippen LogP) is 8.11. The number of aryl methyl sites for hydroxylation is 2. The number of rotatable bonds is 8. The number of phenolic OH excluding ortho intramolecular Hbond substituents is 1. The molecule has 7 aromatic rings. The molecule has 0 atom stereocenters. The van der Waals surface area contributed by atoms with Gasteiger partial charge in [0.2, 0.25) is 0 Å². The number of carboxylic acid groups (broad SMARTS) is 7. The highest BCUT2D eigenvalue weighted by atomic mass is 35.5. The van der Waals surface area contributed by atoms with Gasteiger partial charge in [0, 0.05) is 28.8 Å². The molecule has 0 heterocycles. The van der Waals surface area contributed by atoms with Crippen LogP contribution in [0.2, 0.25) is 10.0 Å². The number of hydrogen-bond acceptors (Lipinski definition) is 17. The number of ether oxygens (including phenoxy) is 1. The number of hydrogen-bond donors (Lipinski definition) is 16. The lowest BCUT2D eigenvalue weighted by atomic mass is 10.1. The number of benzene rings is 7. The number of methoxy groups -OCH3 is 1. The molecule has 0 saturated heterocycles. The maximum absolute atomic E-state index is 10.5. The van der Waals surface area contributed by atoms with Crippen LogP contribution in [0.15, 0.2) is 127 Å². The Labute approximate surface area is 453 Å². The van der Waals surface area contributed by atoms with Gasteiger partial charge < -0.3 is 90.8 Å². The van der Waals surface area contributed by atoms with Gasteiger partial charge in [-0.3, -0.25) is 0 Å². The van der Waals surface area contributed by atoms with E-state index in [-0.39, 0.29) is 66.8 Å². The molecular weight excluding hydrogens is 1070 g/mol. The number of aromatic hydroxyl groups is 2. The molecule has 0 spiro atoms. The van der Waals surface area contributed by atoms with E-state index in [1.807, 2.05) is 6.92 Å². The van der Waals surface area contributed by atoms with Crippen molar-refractivity contribution in [1.82, 2.24) is 0 Å². The summed E-state index contributed by atoms with van der Waals surface area (Å²) in [5.41, 5.74) is 42.0. The van der Waals surface area contributed by atoms with Crippen LogP contribution in [0.5, 0.6) is 17.2 Å². The molecule has 0 saturated carbocycles. The maximum Gasteiger partial charge on any atom is 0.339 e. The highest BCUT2D eigenvalue weighted by molar-refractivity contribution is 6.33. The van der Waals surface area contributed by atoms with E-state index in [1.165, 1.54) is 98.1 Å². The van der Waals surface area contributed by atoms with Crippen LogP contribution in [0, 0.1) is 13.8 Å². The van der Waals surface area contributed by atoms with Crippen molar-refractivity contribution in [3.63, 3.8) is 0 Å². The summed E-state index contributed by atoms with van der Waals surface area (Å²) in [4.78, 5) is 72.9. The molecule has 0 amide bonds. The predicted molar refractivity (Wildman–Crippen MR) is 294 cm³/mol. The Bertz CT molecular complexity index is 3160. The van der Waals surface area contributed by atoms with E-state index in [0.29, 0.717) is 39.2 Å². The Kier molecular flexibility index (Phi) is 26.2. The van der Waals surface area contributed by atoms with Crippen LogP contribution < -0.4 is 44.9 Å². The first-order chi connectivity index (χ1) is 36.3. The van der Waals surface area contributed by atoms with Gasteiger partial charge >= 0.3 is 41.8 Å². The fourth-order valence-electron chi connectivity index (χ4n) is 5.39. The van der Waals surface area contributed by atoms with Gasteiger partial charge in [-0.25, -0.2) is 33.6 Å². The van der Waals surface area contributed by atoms with Crippen molar-refractivity contribution in [2.75, 3.05) is 47.2 Å². The van der Waals surface area contributed by atoms with Gasteiger partial charge in [0.25, 0.3) is 0 Å². The first-order valence-corrected chi connectivity index (χ1v) is 22.1. The second-order valence-electron chi connectivity index (χ2n) is 15.2. The molecule has 412 valence electrons. The largest absolute Gasteiger partial charge is 0.507 e. The van der Waals surface area contributed by atoms with E-state index in [0.717, 1.165) is 11.1 Å². The number of para-hydroxylation sites is 1.